The van der Waals surface area contributed by atoms with Gasteiger partial charge in [-0.05, 0) is 23.2 Å². The Morgan fingerprint density at radius 1 is 1.54 bits per heavy atom. The molecule has 1 atom stereocenters. The molecule has 0 fully saturated rings. The van der Waals surface area contributed by atoms with Gasteiger partial charge < -0.3 is 10.3 Å². The summed E-state index contributed by atoms with van der Waals surface area (Å²) in [5.41, 5.74) is 6.56. The highest BCUT2D eigenvalue weighted by Gasteiger charge is 2.02. The number of hydrogen-bond acceptors (Lipinski definition) is 4. The number of fused-ring (bicyclic) bond motifs is 1. The Labute approximate surface area is 76.5 Å². The molecule has 2 N–H and O–H groups in total. The highest BCUT2D eigenvalue weighted by atomic mass is 32.2. The number of nitrogens with zero attached hydrogens (tertiary/aromatic N) is 2. The van der Waals surface area contributed by atoms with E-state index in [2.05, 4.69) is 4.98 Å². The standard InChI is InChI=1S/C7H7N3O2S/c8-5-1-2-6-9-3-7(13(11)12)10(6)4-5/h1-4H,8H2,(H,11,12)/p-1. The van der Waals surface area contributed by atoms with Crippen LogP contribution >= 0.6 is 0 Å². The third-order valence-corrected chi connectivity index (χ3v) is 2.31. The first-order valence-corrected chi connectivity index (χ1v) is 4.58. The Balaban J connectivity index is 2.79. The van der Waals surface area contributed by atoms with Gasteiger partial charge in [-0.15, -0.1) is 0 Å². The Morgan fingerprint density at radius 3 is 3.00 bits per heavy atom. The van der Waals surface area contributed by atoms with E-state index >= 15 is 0 Å². The molecule has 68 valence electrons. The molecule has 2 aromatic rings. The summed E-state index contributed by atoms with van der Waals surface area (Å²) in [6.07, 6.45) is 2.81. The van der Waals surface area contributed by atoms with E-state index < -0.39 is 11.1 Å². The lowest BCUT2D eigenvalue weighted by molar-refractivity contribution is 0.532. The van der Waals surface area contributed by atoms with Gasteiger partial charge in [-0.1, -0.05) is 0 Å². The molecule has 0 aliphatic rings. The van der Waals surface area contributed by atoms with Crippen molar-refractivity contribution in [1.29, 1.82) is 0 Å². The van der Waals surface area contributed by atoms with Gasteiger partial charge in [0, 0.05) is 11.9 Å². The van der Waals surface area contributed by atoms with E-state index in [1.54, 1.807) is 12.1 Å². The molecule has 0 bridgehead atoms. The molecule has 2 heterocycles. The van der Waals surface area contributed by atoms with Crippen molar-refractivity contribution in [1.82, 2.24) is 9.38 Å². The van der Waals surface area contributed by atoms with Crippen LogP contribution in [0, 0.1) is 0 Å². The normalized spacial score (nSPS) is 13.3. The highest BCUT2D eigenvalue weighted by Crippen LogP contribution is 2.11. The quantitative estimate of drug-likeness (QED) is 0.658. The Hall–Kier alpha value is -1.40. The first-order valence-electron chi connectivity index (χ1n) is 3.50. The zero-order chi connectivity index (χ0) is 9.42. The van der Waals surface area contributed by atoms with Crippen molar-refractivity contribution in [3.05, 3.63) is 24.5 Å². The zero-order valence-corrected chi connectivity index (χ0v) is 7.32. The number of hydrogen-bond donors (Lipinski definition) is 1. The zero-order valence-electron chi connectivity index (χ0n) is 6.51. The van der Waals surface area contributed by atoms with E-state index in [4.69, 9.17) is 5.73 Å². The van der Waals surface area contributed by atoms with Crippen molar-refractivity contribution in [2.75, 3.05) is 5.73 Å². The molecule has 13 heavy (non-hydrogen) atoms. The second-order valence-corrected chi connectivity index (χ2v) is 3.41. The second-order valence-electron chi connectivity index (χ2n) is 2.52. The lowest BCUT2D eigenvalue weighted by Gasteiger charge is -2.04. The van der Waals surface area contributed by atoms with Crippen LogP contribution in [0.4, 0.5) is 5.69 Å². The first-order chi connectivity index (χ1) is 6.18. The van der Waals surface area contributed by atoms with E-state index in [9.17, 15) is 8.76 Å². The van der Waals surface area contributed by atoms with Crippen molar-refractivity contribution in [3.63, 3.8) is 0 Å². The molecule has 0 spiro atoms. The topological polar surface area (TPSA) is 83.4 Å². The molecule has 0 saturated carbocycles. The summed E-state index contributed by atoms with van der Waals surface area (Å²) in [5, 5.41) is 0.113. The molecule has 5 nitrogen and oxygen atoms in total. The number of nitrogen functional groups attached to an aromatic ring is 1. The van der Waals surface area contributed by atoms with Gasteiger partial charge in [0.2, 0.25) is 0 Å². The maximum Gasteiger partial charge on any atom is 0.137 e. The van der Waals surface area contributed by atoms with Gasteiger partial charge in [0.25, 0.3) is 0 Å². The maximum atomic E-state index is 10.7. The van der Waals surface area contributed by atoms with Crippen LogP contribution in [-0.2, 0) is 11.1 Å². The molecule has 0 aromatic carbocycles. The fourth-order valence-corrected chi connectivity index (χ4v) is 1.54. The number of aromatic nitrogens is 2. The Bertz CT molecular complexity index is 480. The minimum absolute atomic E-state index is 0.113. The van der Waals surface area contributed by atoms with E-state index in [1.807, 2.05) is 0 Å². The minimum atomic E-state index is -2.29. The lowest BCUT2D eigenvalue weighted by atomic mass is 10.4. The van der Waals surface area contributed by atoms with Crippen LogP contribution in [0.15, 0.2) is 29.6 Å². The molecule has 2 aromatic heterocycles. The van der Waals surface area contributed by atoms with Crippen molar-refractivity contribution in [3.8, 4) is 0 Å². The minimum Gasteiger partial charge on any atom is -0.767 e. The Kier molecular flexibility index (Phi) is 1.78. The van der Waals surface area contributed by atoms with Crippen molar-refractivity contribution in [2.45, 2.75) is 5.03 Å². The van der Waals surface area contributed by atoms with Gasteiger partial charge in [0.05, 0.1) is 6.20 Å². The molecule has 0 saturated heterocycles. The predicted molar refractivity (Wildman–Crippen MR) is 46.8 cm³/mol. The molecule has 6 heteroatoms. The van der Waals surface area contributed by atoms with Crippen LogP contribution in [0.25, 0.3) is 5.65 Å². The summed E-state index contributed by atoms with van der Waals surface area (Å²) in [4.78, 5) is 3.90. The van der Waals surface area contributed by atoms with Gasteiger partial charge in [-0.25, -0.2) is 4.98 Å². The predicted octanol–water partition coefficient (Wildman–Crippen LogP) is 0.155. The number of anilines is 1. The Morgan fingerprint density at radius 2 is 2.31 bits per heavy atom. The van der Waals surface area contributed by atoms with Crippen LogP contribution in [0.1, 0.15) is 0 Å². The van der Waals surface area contributed by atoms with Crippen LogP contribution in [0.2, 0.25) is 0 Å². The average Bonchev–Trinajstić information content (AvgIpc) is 2.46. The fourth-order valence-electron chi connectivity index (χ4n) is 1.10. The van der Waals surface area contributed by atoms with Gasteiger partial charge in [-0.2, -0.15) is 0 Å². The third kappa shape index (κ3) is 1.30. The number of rotatable bonds is 1. The van der Waals surface area contributed by atoms with Crippen LogP contribution in [0.3, 0.4) is 0 Å². The summed E-state index contributed by atoms with van der Waals surface area (Å²) in [7, 11) is 0. The van der Waals surface area contributed by atoms with E-state index in [-0.39, 0.29) is 5.03 Å². The van der Waals surface area contributed by atoms with Crippen molar-refractivity contribution in [2.24, 2.45) is 0 Å². The number of nitrogens with two attached hydrogens (primary N) is 1. The first kappa shape index (κ1) is 8.21. The molecule has 0 aliphatic heterocycles. The summed E-state index contributed by atoms with van der Waals surface area (Å²) < 4.78 is 22.8. The highest BCUT2D eigenvalue weighted by molar-refractivity contribution is 7.79. The summed E-state index contributed by atoms with van der Waals surface area (Å²) in [6.45, 7) is 0. The van der Waals surface area contributed by atoms with Crippen LogP contribution < -0.4 is 5.73 Å². The van der Waals surface area contributed by atoms with Gasteiger partial charge in [-0.3, -0.25) is 8.61 Å². The SMILES string of the molecule is Nc1ccc2ncc(S(=O)[O-])n2c1. The summed E-state index contributed by atoms with van der Waals surface area (Å²) in [6, 6.07) is 3.32. The molecule has 0 amide bonds. The molecule has 1 unspecified atom stereocenters. The maximum absolute atomic E-state index is 10.7. The number of imidazole rings is 1. The van der Waals surface area contributed by atoms with Crippen molar-refractivity contribution >= 4 is 22.4 Å². The van der Waals surface area contributed by atoms with Gasteiger partial charge in [0.1, 0.15) is 10.7 Å². The second kappa shape index (κ2) is 2.82. The van der Waals surface area contributed by atoms with Crippen LogP contribution in [-0.4, -0.2) is 18.1 Å². The summed E-state index contributed by atoms with van der Waals surface area (Å²) >= 11 is -2.29. The molecular weight excluding hydrogens is 190 g/mol. The molecular formula is C7H6N3O2S-. The monoisotopic (exact) mass is 196 g/mol. The fraction of sp³-hybridized carbons (Fsp3) is 0. The van der Waals surface area contributed by atoms with Gasteiger partial charge in [0.15, 0.2) is 0 Å². The lowest BCUT2D eigenvalue weighted by Crippen LogP contribution is -1.96. The summed E-state index contributed by atoms with van der Waals surface area (Å²) in [5.74, 6) is 0. The van der Waals surface area contributed by atoms with Gasteiger partial charge >= 0.3 is 0 Å². The number of pyridine rings is 1. The van der Waals surface area contributed by atoms with E-state index in [0.717, 1.165) is 0 Å². The molecule has 2 rings (SSSR count). The third-order valence-electron chi connectivity index (χ3n) is 1.67. The molecule has 0 radical (unpaired) electrons. The van der Waals surface area contributed by atoms with E-state index in [1.165, 1.54) is 16.8 Å². The smallest absolute Gasteiger partial charge is 0.137 e. The van der Waals surface area contributed by atoms with E-state index in [0.29, 0.717) is 11.3 Å². The largest absolute Gasteiger partial charge is 0.767 e. The molecule has 0 aliphatic carbocycles. The average molecular weight is 196 g/mol. The van der Waals surface area contributed by atoms with Crippen LogP contribution in [0.5, 0.6) is 0 Å². The van der Waals surface area contributed by atoms with Crippen molar-refractivity contribution < 1.29 is 8.76 Å².